The summed E-state index contributed by atoms with van der Waals surface area (Å²) in [4.78, 5) is 14.1. The zero-order valence-corrected chi connectivity index (χ0v) is 8.09. The van der Waals surface area contributed by atoms with Gasteiger partial charge in [-0.15, -0.1) is 11.8 Å². The molecule has 1 aromatic heterocycles. The highest BCUT2D eigenvalue weighted by Crippen LogP contribution is 2.26. The second kappa shape index (κ2) is 4.08. The van der Waals surface area contributed by atoms with Crippen LogP contribution in [0.3, 0.4) is 0 Å². The molecule has 0 saturated carbocycles. The third-order valence-corrected chi connectivity index (χ3v) is 2.17. The van der Waals surface area contributed by atoms with Crippen LogP contribution in [0.25, 0.3) is 0 Å². The molecule has 0 saturated heterocycles. The van der Waals surface area contributed by atoms with Crippen LogP contribution in [0.5, 0.6) is 0 Å². The summed E-state index contributed by atoms with van der Waals surface area (Å²) < 4.78 is 0. The molecule has 0 radical (unpaired) electrons. The summed E-state index contributed by atoms with van der Waals surface area (Å²) in [6, 6.07) is 3.03. The summed E-state index contributed by atoms with van der Waals surface area (Å²) in [6.07, 6.45) is 1.76. The lowest BCUT2D eigenvalue weighted by Gasteiger charge is -2.01. The van der Waals surface area contributed by atoms with Crippen molar-refractivity contribution in [3.63, 3.8) is 0 Å². The second-order valence-electron chi connectivity index (χ2n) is 2.23. The molecule has 0 aliphatic carbocycles. The predicted octanol–water partition coefficient (Wildman–Crippen LogP) is 1.75. The first-order valence-corrected chi connectivity index (χ1v) is 4.78. The maximum absolute atomic E-state index is 10.5. The second-order valence-corrected chi connectivity index (χ2v) is 3.03. The van der Waals surface area contributed by atoms with Gasteiger partial charge in [0.15, 0.2) is 5.03 Å². The van der Waals surface area contributed by atoms with Crippen molar-refractivity contribution in [3.05, 3.63) is 22.2 Å². The van der Waals surface area contributed by atoms with Crippen LogP contribution in [0.2, 0.25) is 0 Å². The molecule has 0 aromatic carbocycles. The largest absolute Gasteiger partial charge is 0.373 e. The SMILES string of the molecule is CNc1ccc([N+](=O)[O-])c(SC)n1. The summed E-state index contributed by atoms with van der Waals surface area (Å²) in [6.45, 7) is 0. The molecule has 1 aromatic rings. The van der Waals surface area contributed by atoms with E-state index in [1.165, 1.54) is 17.8 Å². The molecule has 13 heavy (non-hydrogen) atoms. The standard InChI is InChI=1S/C7H9N3O2S/c1-8-6-4-3-5(10(11)12)7(9-6)13-2/h3-4H,1-2H3,(H,8,9). The molecule has 1 heterocycles. The first kappa shape index (κ1) is 9.79. The van der Waals surface area contributed by atoms with Gasteiger partial charge in [0.2, 0.25) is 0 Å². The highest BCUT2D eigenvalue weighted by Gasteiger charge is 2.14. The average molecular weight is 199 g/mol. The summed E-state index contributed by atoms with van der Waals surface area (Å²) in [5.41, 5.74) is 0.0477. The molecule has 1 rings (SSSR count). The molecule has 0 amide bonds. The number of nitrogens with zero attached hydrogens (tertiary/aromatic N) is 2. The van der Waals surface area contributed by atoms with Gasteiger partial charge in [-0.2, -0.15) is 0 Å². The summed E-state index contributed by atoms with van der Waals surface area (Å²) in [5.74, 6) is 0.634. The Morgan fingerprint density at radius 1 is 1.62 bits per heavy atom. The van der Waals surface area contributed by atoms with Gasteiger partial charge in [-0.1, -0.05) is 0 Å². The van der Waals surface area contributed by atoms with Crippen LogP contribution in [0.1, 0.15) is 0 Å². The van der Waals surface area contributed by atoms with Gasteiger partial charge >= 0.3 is 5.69 Å². The fourth-order valence-corrected chi connectivity index (χ4v) is 1.40. The topological polar surface area (TPSA) is 68.1 Å². The number of thioether (sulfide) groups is 1. The Labute approximate surface area is 79.7 Å². The van der Waals surface area contributed by atoms with Crippen LogP contribution in [0.4, 0.5) is 11.5 Å². The van der Waals surface area contributed by atoms with Gasteiger partial charge in [-0.3, -0.25) is 10.1 Å². The zero-order valence-electron chi connectivity index (χ0n) is 7.27. The normalized spacial score (nSPS) is 9.69. The third-order valence-electron chi connectivity index (χ3n) is 1.49. The van der Waals surface area contributed by atoms with E-state index in [0.717, 1.165) is 0 Å². The molecule has 5 nitrogen and oxygen atoms in total. The minimum Gasteiger partial charge on any atom is -0.373 e. The fraction of sp³-hybridized carbons (Fsp3) is 0.286. The minimum atomic E-state index is -0.432. The first-order valence-electron chi connectivity index (χ1n) is 3.56. The van der Waals surface area contributed by atoms with E-state index in [1.54, 1.807) is 19.4 Å². The lowest BCUT2D eigenvalue weighted by molar-refractivity contribution is -0.388. The molecule has 0 aliphatic rings. The molecular weight excluding hydrogens is 190 g/mol. The van der Waals surface area contributed by atoms with E-state index in [0.29, 0.717) is 10.8 Å². The van der Waals surface area contributed by atoms with Gasteiger partial charge < -0.3 is 5.32 Å². The summed E-state index contributed by atoms with van der Waals surface area (Å²) in [7, 11) is 1.72. The van der Waals surface area contributed by atoms with Crippen LogP contribution < -0.4 is 5.32 Å². The lowest BCUT2D eigenvalue weighted by atomic mass is 10.4. The maximum atomic E-state index is 10.5. The molecular formula is C7H9N3O2S. The van der Waals surface area contributed by atoms with E-state index in [9.17, 15) is 10.1 Å². The molecule has 6 heteroatoms. The van der Waals surface area contributed by atoms with Gasteiger partial charge in [0.1, 0.15) is 5.82 Å². The van der Waals surface area contributed by atoms with Crippen LogP contribution >= 0.6 is 11.8 Å². The van der Waals surface area contributed by atoms with Gasteiger partial charge in [-0.05, 0) is 12.3 Å². The Hall–Kier alpha value is -1.30. The Morgan fingerprint density at radius 3 is 2.77 bits per heavy atom. The smallest absolute Gasteiger partial charge is 0.301 e. The molecule has 0 aliphatic heterocycles. The van der Waals surface area contributed by atoms with Crippen molar-refractivity contribution in [2.24, 2.45) is 0 Å². The number of nitro groups is 1. The predicted molar refractivity (Wildman–Crippen MR) is 52.2 cm³/mol. The van der Waals surface area contributed by atoms with E-state index in [4.69, 9.17) is 0 Å². The fourth-order valence-electron chi connectivity index (χ4n) is 0.861. The van der Waals surface area contributed by atoms with Crippen molar-refractivity contribution in [3.8, 4) is 0 Å². The number of pyridine rings is 1. The number of hydrogen-bond acceptors (Lipinski definition) is 5. The number of rotatable bonds is 3. The van der Waals surface area contributed by atoms with Crippen LogP contribution in [-0.2, 0) is 0 Å². The molecule has 0 atom stereocenters. The monoisotopic (exact) mass is 199 g/mol. The van der Waals surface area contributed by atoms with Crippen LogP contribution in [0, 0.1) is 10.1 Å². The number of anilines is 1. The number of nitrogens with one attached hydrogen (secondary N) is 1. The molecule has 0 bridgehead atoms. The van der Waals surface area contributed by atoms with E-state index in [2.05, 4.69) is 10.3 Å². The summed E-state index contributed by atoms with van der Waals surface area (Å²) >= 11 is 1.26. The van der Waals surface area contributed by atoms with E-state index >= 15 is 0 Å². The van der Waals surface area contributed by atoms with E-state index < -0.39 is 4.92 Å². The maximum Gasteiger partial charge on any atom is 0.301 e. The van der Waals surface area contributed by atoms with Crippen LogP contribution in [0.15, 0.2) is 17.2 Å². The first-order chi connectivity index (χ1) is 6.19. The van der Waals surface area contributed by atoms with E-state index in [-0.39, 0.29) is 5.69 Å². The van der Waals surface area contributed by atoms with Crippen LogP contribution in [-0.4, -0.2) is 23.2 Å². The van der Waals surface area contributed by atoms with Crippen molar-refractivity contribution in [2.75, 3.05) is 18.6 Å². The zero-order chi connectivity index (χ0) is 9.84. The number of aromatic nitrogens is 1. The quantitative estimate of drug-likeness (QED) is 0.456. The highest BCUT2D eigenvalue weighted by molar-refractivity contribution is 7.98. The minimum absolute atomic E-state index is 0.0477. The van der Waals surface area contributed by atoms with Crippen molar-refractivity contribution >= 4 is 23.3 Å². The van der Waals surface area contributed by atoms with Crippen molar-refractivity contribution in [2.45, 2.75) is 5.03 Å². The van der Waals surface area contributed by atoms with Gasteiger partial charge in [-0.25, -0.2) is 4.98 Å². The average Bonchev–Trinajstić information content (AvgIpc) is 2.16. The summed E-state index contributed by atoms with van der Waals surface area (Å²) in [5, 5.41) is 13.8. The highest BCUT2D eigenvalue weighted by atomic mass is 32.2. The molecule has 1 N–H and O–H groups in total. The van der Waals surface area contributed by atoms with E-state index in [1.807, 2.05) is 0 Å². The molecule has 0 unspecified atom stereocenters. The van der Waals surface area contributed by atoms with Crippen molar-refractivity contribution in [1.82, 2.24) is 4.98 Å². The van der Waals surface area contributed by atoms with Crippen molar-refractivity contribution < 1.29 is 4.92 Å². The third kappa shape index (κ3) is 2.09. The Kier molecular flexibility index (Phi) is 3.07. The van der Waals surface area contributed by atoms with Gasteiger partial charge in [0, 0.05) is 13.1 Å². The van der Waals surface area contributed by atoms with Crippen molar-refractivity contribution in [1.29, 1.82) is 0 Å². The molecule has 70 valence electrons. The molecule has 0 fully saturated rings. The number of hydrogen-bond donors (Lipinski definition) is 1. The Morgan fingerprint density at radius 2 is 2.31 bits per heavy atom. The van der Waals surface area contributed by atoms with Gasteiger partial charge in [0.25, 0.3) is 0 Å². The Bertz CT molecular complexity index is 330. The molecule has 0 spiro atoms. The lowest BCUT2D eigenvalue weighted by Crippen LogP contribution is -1.97. The Balaban J connectivity index is 3.15. The van der Waals surface area contributed by atoms with Gasteiger partial charge in [0.05, 0.1) is 4.92 Å².